The quantitative estimate of drug-likeness (QED) is 0.199. The Bertz CT molecular complexity index is 1280. The Balaban J connectivity index is 0.00000380. The van der Waals surface area contributed by atoms with Gasteiger partial charge in [-0.2, -0.15) is 11.3 Å². The number of halogens is 2. The normalized spacial score (nSPS) is 13.2. The van der Waals surface area contributed by atoms with Crippen LogP contribution >= 0.6 is 36.2 Å². The summed E-state index contributed by atoms with van der Waals surface area (Å²) in [5.74, 6) is 2.36. The number of thiophene rings is 1. The van der Waals surface area contributed by atoms with E-state index in [0.717, 1.165) is 33.6 Å². The minimum absolute atomic E-state index is 0. The highest BCUT2D eigenvalue weighted by Gasteiger charge is 2.46. The summed E-state index contributed by atoms with van der Waals surface area (Å²) in [6, 6.07) is 14.5. The third kappa shape index (κ3) is 7.39. The molecule has 0 aliphatic rings. The highest BCUT2D eigenvalue weighted by atomic mass is 35.5. The van der Waals surface area contributed by atoms with Gasteiger partial charge in [0.05, 0.1) is 0 Å². The van der Waals surface area contributed by atoms with E-state index in [2.05, 4.69) is 22.5 Å². The topological polar surface area (TPSA) is 151 Å². The van der Waals surface area contributed by atoms with Crippen LogP contribution in [0.5, 0.6) is 0 Å². The number of hydrogen-bond donors (Lipinski definition) is 6. The van der Waals surface area contributed by atoms with E-state index in [-0.39, 0.29) is 49.0 Å². The number of nitrogens with one attached hydrogen (secondary N) is 2. The summed E-state index contributed by atoms with van der Waals surface area (Å²) < 4.78 is 0. The third-order valence-electron chi connectivity index (χ3n) is 5.88. The van der Waals surface area contributed by atoms with Crippen LogP contribution in [0.3, 0.4) is 0 Å². The van der Waals surface area contributed by atoms with Gasteiger partial charge in [0.15, 0.2) is 0 Å². The molecular weight excluding hydrogens is 559 g/mol. The van der Waals surface area contributed by atoms with E-state index in [0.29, 0.717) is 13.1 Å². The number of carbonyl (C=O) groups excluding carboxylic acids is 2. The van der Waals surface area contributed by atoms with Crippen molar-refractivity contribution in [1.82, 2.24) is 10.6 Å². The molecule has 3 aromatic rings. The van der Waals surface area contributed by atoms with Crippen LogP contribution in [0.25, 0.3) is 0 Å². The second-order valence-electron chi connectivity index (χ2n) is 8.32. The van der Waals surface area contributed by atoms with Crippen LogP contribution < -0.4 is 22.1 Å². The van der Waals surface area contributed by atoms with Crippen LogP contribution in [-0.2, 0) is 47.0 Å². The number of rotatable bonds is 10. The Hall–Kier alpha value is -3.38. The van der Waals surface area contributed by atoms with E-state index in [4.69, 9.17) is 24.3 Å². The lowest BCUT2D eigenvalue weighted by Crippen LogP contribution is -2.47. The van der Waals surface area contributed by atoms with E-state index in [1.54, 1.807) is 24.3 Å². The molecule has 8 N–H and O–H groups in total. The minimum atomic E-state index is -2.50. The van der Waals surface area contributed by atoms with Gasteiger partial charge in [-0.1, -0.05) is 60.4 Å². The summed E-state index contributed by atoms with van der Waals surface area (Å²) in [5.41, 5.74) is 9.26. The predicted molar refractivity (Wildman–Crippen MR) is 157 cm³/mol. The number of aliphatic hydroxyl groups is 2. The lowest BCUT2D eigenvalue weighted by Gasteiger charge is -2.27. The average Bonchev–Trinajstić information content (AvgIpc) is 3.45. The van der Waals surface area contributed by atoms with E-state index in [9.17, 15) is 19.8 Å². The van der Waals surface area contributed by atoms with Crippen molar-refractivity contribution >= 4 is 48.0 Å². The van der Waals surface area contributed by atoms with Crippen LogP contribution in [0.2, 0.25) is 0 Å². The highest BCUT2D eigenvalue weighted by Crippen LogP contribution is 2.35. The molecule has 11 heteroatoms. The van der Waals surface area contributed by atoms with Gasteiger partial charge in [-0.15, -0.1) is 37.7 Å². The van der Waals surface area contributed by atoms with Crippen molar-refractivity contribution in [3.63, 3.8) is 0 Å². The first kappa shape index (κ1) is 33.6. The Morgan fingerprint density at radius 3 is 1.46 bits per heavy atom. The first-order valence-electron chi connectivity index (χ1n) is 11.3. The summed E-state index contributed by atoms with van der Waals surface area (Å²) in [6.07, 6.45) is 11.2. The van der Waals surface area contributed by atoms with Crippen LogP contribution in [0.1, 0.15) is 33.4 Å². The Labute approximate surface area is 244 Å². The fraction of sp³-hybridized carbons (Fsp3) is 0.214. The predicted octanol–water partition coefficient (Wildman–Crippen LogP) is 1.78. The van der Waals surface area contributed by atoms with Crippen LogP contribution in [0, 0.1) is 24.7 Å². The zero-order chi connectivity index (χ0) is 27.1. The molecule has 39 heavy (non-hydrogen) atoms. The molecule has 8 nitrogen and oxygen atoms in total. The van der Waals surface area contributed by atoms with Gasteiger partial charge in [0.25, 0.3) is 11.8 Å². The molecular formula is C28H30Cl2N4O4S. The van der Waals surface area contributed by atoms with Gasteiger partial charge in [0.2, 0.25) is 11.2 Å². The number of nitrogens with two attached hydrogens (primary N) is 2. The Morgan fingerprint density at radius 1 is 0.769 bits per heavy atom. The fourth-order valence-corrected chi connectivity index (χ4v) is 4.68. The maximum absolute atomic E-state index is 13.1. The summed E-state index contributed by atoms with van der Waals surface area (Å²) in [4.78, 5) is 26.1. The summed E-state index contributed by atoms with van der Waals surface area (Å²) in [6.45, 7) is 0.800. The molecule has 2 atom stereocenters. The third-order valence-corrected chi connectivity index (χ3v) is 6.62. The second kappa shape index (κ2) is 14.7. The smallest absolute Gasteiger partial charge is 0.269 e. The maximum Gasteiger partial charge on any atom is 0.269 e. The zero-order valence-electron chi connectivity index (χ0n) is 20.8. The monoisotopic (exact) mass is 588 g/mol. The number of benzene rings is 2. The molecule has 0 saturated carbocycles. The van der Waals surface area contributed by atoms with Crippen molar-refractivity contribution in [2.24, 2.45) is 11.5 Å². The molecule has 0 aliphatic carbocycles. The van der Waals surface area contributed by atoms with Crippen molar-refractivity contribution in [3.8, 4) is 24.7 Å². The summed E-state index contributed by atoms with van der Waals surface area (Å²) in [7, 11) is 0. The first-order chi connectivity index (χ1) is 17.7. The minimum Gasteiger partial charge on any atom is -0.366 e. The van der Waals surface area contributed by atoms with E-state index in [1.165, 1.54) is 10.8 Å². The van der Waals surface area contributed by atoms with Gasteiger partial charge >= 0.3 is 0 Å². The molecule has 0 saturated heterocycles. The van der Waals surface area contributed by atoms with Gasteiger partial charge in [-0.05, 0) is 33.0 Å². The molecule has 0 aliphatic heterocycles. The number of terminal acetylenes is 2. The first-order valence-corrected chi connectivity index (χ1v) is 12.3. The van der Waals surface area contributed by atoms with Gasteiger partial charge in [0.1, 0.15) is 0 Å². The maximum atomic E-state index is 13.1. The molecule has 2 aromatic carbocycles. The van der Waals surface area contributed by atoms with Gasteiger partial charge in [0, 0.05) is 37.3 Å². The van der Waals surface area contributed by atoms with Gasteiger partial charge < -0.3 is 32.3 Å². The van der Waals surface area contributed by atoms with Crippen molar-refractivity contribution in [3.05, 3.63) is 92.7 Å². The van der Waals surface area contributed by atoms with Crippen molar-refractivity contribution in [1.29, 1.82) is 0 Å². The van der Waals surface area contributed by atoms with E-state index >= 15 is 0 Å². The average molecular weight is 590 g/mol. The molecule has 2 unspecified atom stereocenters. The zero-order valence-corrected chi connectivity index (χ0v) is 23.3. The Morgan fingerprint density at radius 2 is 1.13 bits per heavy atom. The van der Waals surface area contributed by atoms with Crippen LogP contribution in [0.15, 0.2) is 59.3 Å². The van der Waals surface area contributed by atoms with Crippen LogP contribution in [-0.4, -0.2) is 22.0 Å². The molecule has 206 valence electrons. The van der Waals surface area contributed by atoms with E-state index < -0.39 is 23.0 Å². The molecule has 2 amide bonds. The lowest BCUT2D eigenvalue weighted by molar-refractivity contribution is -0.137. The molecule has 0 bridgehead atoms. The lowest BCUT2D eigenvalue weighted by atomic mass is 9.84. The largest absolute Gasteiger partial charge is 0.366 e. The van der Waals surface area contributed by atoms with Crippen LogP contribution in [0.4, 0.5) is 0 Å². The molecule has 0 spiro atoms. The molecule has 1 heterocycles. The molecule has 0 fully saturated rings. The van der Waals surface area contributed by atoms with Crippen molar-refractivity contribution < 1.29 is 19.8 Å². The summed E-state index contributed by atoms with van der Waals surface area (Å²) in [5, 5.41) is 30.4. The highest BCUT2D eigenvalue weighted by molar-refractivity contribution is 7.08. The number of hydrogen-bond acceptors (Lipinski definition) is 7. The van der Waals surface area contributed by atoms with Crippen molar-refractivity contribution in [2.45, 2.75) is 37.4 Å². The SMILES string of the molecule is C#CC(O)(C(=O)NCc1cccc(CN)c1)c1cscc1C(O)(C#C)C(=O)NCc1cccc(CN)c1.Cl.Cl. The summed E-state index contributed by atoms with van der Waals surface area (Å²) >= 11 is 1.03. The molecule has 3 rings (SSSR count). The van der Waals surface area contributed by atoms with Crippen molar-refractivity contribution in [2.75, 3.05) is 0 Å². The van der Waals surface area contributed by atoms with E-state index in [1.807, 2.05) is 24.3 Å². The van der Waals surface area contributed by atoms with Gasteiger partial charge in [-0.25, -0.2) is 0 Å². The number of amides is 2. The standard InChI is InChI=1S/C28H28N4O4S.2ClH/c1-3-27(35,25(33)31-15-21-9-5-7-19(11-21)13-29)23-17-37-18-24(23)28(36,4-2)26(34)32-16-22-10-6-8-20(12-22)14-30;;/h1-2,5-12,17-18,35-36H,13-16,29-30H2,(H,31,33)(H,32,34);2*1H. The van der Waals surface area contributed by atoms with Gasteiger partial charge in [-0.3, -0.25) is 9.59 Å². The second-order valence-corrected chi connectivity index (χ2v) is 9.07. The fourth-order valence-electron chi connectivity index (χ4n) is 3.74. The molecule has 0 radical (unpaired) electrons. The number of carbonyl (C=O) groups is 2. The molecule has 1 aromatic heterocycles. The Kier molecular flexibility index (Phi) is 12.7.